The number of carbonyl (C=O) groups excluding carboxylic acids is 1. The Morgan fingerprint density at radius 1 is 1.12 bits per heavy atom. The predicted octanol–water partition coefficient (Wildman–Crippen LogP) is 4.13. The number of carbonyl (C=O) groups is 1. The van der Waals surface area contributed by atoms with E-state index in [-0.39, 0.29) is 11.7 Å². The molecular weight excluding hydrogens is 396 g/mol. The van der Waals surface area contributed by atoms with Gasteiger partial charge in [-0.3, -0.25) is 10.1 Å². The molecule has 1 aliphatic heterocycles. The third kappa shape index (κ3) is 3.68. The van der Waals surface area contributed by atoms with Crippen molar-refractivity contribution in [3.05, 3.63) is 46.8 Å². The van der Waals surface area contributed by atoms with Crippen molar-refractivity contribution in [3.63, 3.8) is 0 Å². The van der Waals surface area contributed by atoms with E-state index in [0.717, 1.165) is 37.2 Å². The molecule has 0 saturated carbocycles. The van der Waals surface area contributed by atoms with Crippen LogP contribution in [0.3, 0.4) is 0 Å². The van der Waals surface area contributed by atoms with E-state index in [9.17, 15) is 4.79 Å². The predicted molar refractivity (Wildman–Crippen MR) is 104 cm³/mol. The summed E-state index contributed by atoms with van der Waals surface area (Å²) in [7, 11) is 0. The second kappa shape index (κ2) is 7.63. The monoisotopic (exact) mass is 416 g/mol. The molecule has 6 nitrogen and oxygen atoms in total. The van der Waals surface area contributed by atoms with Gasteiger partial charge in [0.05, 0.1) is 11.0 Å². The van der Waals surface area contributed by atoms with E-state index in [0.29, 0.717) is 10.6 Å². The quantitative estimate of drug-likeness (QED) is 0.678. The molecule has 0 atom stereocenters. The lowest BCUT2D eigenvalue weighted by molar-refractivity contribution is 0.0994. The maximum absolute atomic E-state index is 12.5. The van der Waals surface area contributed by atoms with Crippen molar-refractivity contribution in [2.75, 3.05) is 25.0 Å². The maximum atomic E-state index is 12.5. The van der Waals surface area contributed by atoms with Gasteiger partial charge in [-0.05, 0) is 66.1 Å². The lowest BCUT2D eigenvalue weighted by Crippen LogP contribution is -2.32. The van der Waals surface area contributed by atoms with Gasteiger partial charge >= 0.3 is 0 Å². The van der Waals surface area contributed by atoms with E-state index in [1.54, 1.807) is 12.1 Å². The Kier molecular flexibility index (Phi) is 5.08. The van der Waals surface area contributed by atoms with E-state index < -0.39 is 0 Å². The van der Waals surface area contributed by atoms with Gasteiger partial charge in [-0.1, -0.05) is 18.6 Å². The van der Waals surface area contributed by atoms with Crippen molar-refractivity contribution in [1.82, 2.24) is 14.5 Å². The van der Waals surface area contributed by atoms with Gasteiger partial charge in [0.1, 0.15) is 0 Å². The summed E-state index contributed by atoms with van der Waals surface area (Å²) >= 11 is 3.22. The summed E-state index contributed by atoms with van der Waals surface area (Å²) in [4.78, 5) is 19.6. The van der Waals surface area contributed by atoms with Gasteiger partial charge in [-0.15, -0.1) is 0 Å². The molecular formula is C19H21BrN4O2. The van der Waals surface area contributed by atoms with Crippen LogP contribution in [0, 0.1) is 0 Å². The number of piperidine rings is 1. The molecule has 1 aromatic carbocycles. The van der Waals surface area contributed by atoms with Crippen LogP contribution in [-0.4, -0.2) is 40.0 Å². The van der Waals surface area contributed by atoms with Crippen LogP contribution in [0.5, 0.6) is 0 Å². The smallest absolute Gasteiger partial charge is 0.293 e. The number of nitrogens with one attached hydrogen (secondary N) is 1. The summed E-state index contributed by atoms with van der Waals surface area (Å²) in [5.41, 5.74) is 1.91. The van der Waals surface area contributed by atoms with Gasteiger partial charge in [0.25, 0.3) is 5.91 Å². The largest absolute Gasteiger partial charge is 0.444 e. The number of benzene rings is 1. The molecule has 1 fully saturated rings. The van der Waals surface area contributed by atoms with Crippen molar-refractivity contribution in [3.8, 4) is 0 Å². The van der Waals surface area contributed by atoms with E-state index in [1.165, 1.54) is 19.3 Å². The molecule has 0 spiro atoms. The summed E-state index contributed by atoms with van der Waals surface area (Å²) in [5.74, 6) is 0.512. The Bertz CT molecular complexity index is 911. The summed E-state index contributed by atoms with van der Waals surface area (Å²) in [5, 5.41) is 2.90. The Morgan fingerprint density at radius 3 is 2.69 bits per heavy atom. The molecule has 4 rings (SSSR count). The minimum absolute atomic E-state index is 0.256. The Labute approximate surface area is 160 Å². The first-order valence-corrected chi connectivity index (χ1v) is 9.74. The van der Waals surface area contributed by atoms with Crippen LogP contribution in [-0.2, 0) is 6.54 Å². The van der Waals surface area contributed by atoms with Crippen LogP contribution >= 0.6 is 15.9 Å². The molecule has 7 heteroatoms. The van der Waals surface area contributed by atoms with Crippen molar-refractivity contribution < 1.29 is 9.21 Å². The van der Waals surface area contributed by atoms with Crippen LogP contribution in [0.25, 0.3) is 11.0 Å². The minimum atomic E-state index is -0.301. The highest BCUT2D eigenvalue weighted by molar-refractivity contribution is 9.10. The minimum Gasteiger partial charge on any atom is -0.444 e. The number of rotatable bonds is 5. The van der Waals surface area contributed by atoms with Crippen molar-refractivity contribution in [1.29, 1.82) is 0 Å². The van der Waals surface area contributed by atoms with Crippen molar-refractivity contribution >= 4 is 38.8 Å². The highest BCUT2D eigenvalue weighted by Gasteiger charge is 2.18. The van der Waals surface area contributed by atoms with Crippen LogP contribution < -0.4 is 5.32 Å². The number of likely N-dealkylation sites (tertiary alicyclic amines) is 1. The fourth-order valence-corrected chi connectivity index (χ4v) is 3.73. The third-order valence-electron chi connectivity index (χ3n) is 4.77. The number of hydrogen-bond acceptors (Lipinski definition) is 4. The second-order valence-corrected chi connectivity index (χ2v) is 7.32. The number of anilines is 1. The molecule has 26 heavy (non-hydrogen) atoms. The number of amides is 1. The maximum Gasteiger partial charge on any atom is 0.293 e. The van der Waals surface area contributed by atoms with E-state index >= 15 is 0 Å². The fourth-order valence-electron chi connectivity index (χ4n) is 3.42. The summed E-state index contributed by atoms with van der Waals surface area (Å²) in [6.07, 6.45) is 3.85. The Balaban J connectivity index is 1.57. The first-order chi connectivity index (χ1) is 12.7. The number of para-hydroxylation sites is 2. The molecule has 3 heterocycles. The number of halogens is 1. The molecule has 1 aliphatic rings. The van der Waals surface area contributed by atoms with E-state index in [2.05, 4.69) is 35.7 Å². The lowest BCUT2D eigenvalue weighted by Gasteiger charge is -2.26. The number of imidazole rings is 1. The molecule has 0 bridgehead atoms. The third-order valence-corrected chi connectivity index (χ3v) is 5.19. The highest BCUT2D eigenvalue weighted by Crippen LogP contribution is 2.22. The summed E-state index contributed by atoms with van der Waals surface area (Å²) < 4.78 is 7.96. The normalized spacial score (nSPS) is 15.4. The number of aromatic nitrogens is 2. The zero-order valence-corrected chi connectivity index (χ0v) is 16.0. The summed E-state index contributed by atoms with van der Waals surface area (Å²) in [6.45, 7) is 4.04. The van der Waals surface area contributed by atoms with Crippen LogP contribution in [0.2, 0.25) is 0 Å². The molecule has 1 amide bonds. The van der Waals surface area contributed by atoms with E-state index in [4.69, 9.17) is 4.42 Å². The van der Waals surface area contributed by atoms with Crippen LogP contribution in [0.4, 0.5) is 5.95 Å². The van der Waals surface area contributed by atoms with Gasteiger partial charge in [0.15, 0.2) is 10.4 Å². The lowest BCUT2D eigenvalue weighted by atomic mass is 10.1. The van der Waals surface area contributed by atoms with Gasteiger partial charge in [0, 0.05) is 13.1 Å². The standard InChI is InChI=1S/C19H21BrN4O2/c20-17-9-8-16(26-17)18(25)22-19-21-14-6-2-3-7-15(14)24(19)13-12-23-10-4-1-5-11-23/h2-3,6-9H,1,4-5,10-13H2,(H,21,22,25). The van der Waals surface area contributed by atoms with Gasteiger partial charge in [0.2, 0.25) is 5.95 Å². The summed E-state index contributed by atoms with van der Waals surface area (Å²) in [6, 6.07) is 11.3. The second-order valence-electron chi connectivity index (χ2n) is 6.54. The zero-order valence-electron chi connectivity index (χ0n) is 14.4. The number of hydrogen-bond donors (Lipinski definition) is 1. The van der Waals surface area contributed by atoms with E-state index in [1.807, 2.05) is 24.3 Å². The SMILES string of the molecule is O=C(Nc1nc2ccccc2n1CCN1CCCCC1)c1ccc(Br)o1. The molecule has 136 valence electrons. The Hall–Kier alpha value is -2.12. The van der Waals surface area contributed by atoms with Crippen molar-refractivity contribution in [2.45, 2.75) is 25.8 Å². The molecule has 0 unspecified atom stereocenters. The molecule has 3 aromatic rings. The van der Waals surface area contributed by atoms with Crippen molar-refractivity contribution in [2.24, 2.45) is 0 Å². The highest BCUT2D eigenvalue weighted by atomic mass is 79.9. The number of nitrogens with zero attached hydrogens (tertiary/aromatic N) is 3. The first kappa shape index (κ1) is 17.3. The average Bonchev–Trinajstić information content (AvgIpc) is 3.24. The van der Waals surface area contributed by atoms with Gasteiger partial charge in [-0.2, -0.15) is 0 Å². The van der Waals surface area contributed by atoms with Crippen LogP contribution in [0.15, 0.2) is 45.5 Å². The number of furan rings is 1. The fraction of sp³-hybridized carbons (Fsp3) is 0.368. The molecule has 1 N–H and O–H groups in total. The Morgan fingerprint density at radius 2 is 1.92 bits per heavy atom. The van der Waals surface area contributed by atoms with Crippen LogP contribution in [0.1, 0.15) is 29.8 Å². The molecule has 1 saturated heterocycles. The molecule has 0 radical (unpaired) electrons. The zero-order chi connectivity index (χ0) is 17.9. The first-order valence-electron chi connectivity index (χ1n) is 8.95. The van der Waals surface area contributed by atoms with Gasteiger partial charge in [-0.25, -0.2) is 4.98 Å². The molecule has 2 aromatic heterocycles. The number of fused-ring (bicyclic) bond motifs is 1. The van der Waals surface area contributed by atoms with Gasteiger partial charge < -0.3 is 13.9 Å². The topological polar surface area (TPSA) is 63.3 Å². The average molecular weight is 417 g/mol. The molecule has 0 aliphatic carbocycles.